The van der Waals surface area contributed by atoms with E-state index in [1.54, 1.807) is 6.07 Å². The van der Waals surface area contributed by atoms with Crippen molar-refractivity contribution in [1.82, 2.24) is 15.0 Å². The van der Waals surface area contributed by atoms with Gasteiger partial charge in [0.05, 0.1) is 17.0 Å². The van der Waals surface area contributed by atoms with Crippen LogP contribution in [0, 0.1) is 0 Å². The maximum Gasteiger partial charge on any atom is 0.417 e. The third kappa shape index (κ3) is 2.65. The van der Waals surface area contributed by atoms with Gasteiger partial charge in [0.2, 0.25) is 0 Å². The van der Waals surface area contributed by atoms with Crippen LogP contribution in [0.15, 0.2) is 72.9 Å². The van der Waals surface area contributed by atoms with Gasteiger partial charge < -0.3 is 9.97 Å². The first kappa shape index (κ1) is 16.6. The fraction of sp³-hybridized carbons (Fsp3) is 0.0455. The average Bonchev–Trinajstić information content (AvgIpc) is 3.30. The molecule has 5 rings (SSSR count). The van der Waals surface area contributed by atoms with Gasteiger partial charge in [0.15, 0.2) is 0 Å². The summed E-state index contributed by atoms with van der Waals surface area (Å²) in [4.78, 5) is 10.6. The molecule has 0 amide bonds. The zero-order chi connectivity index (χ0) is 19.3. The smallest absolute Gasteiger partial charge is 0.354 e. The summed E-state index contributed by atoms with van der Waals surface area (Å²) < 4.78 is 41.5. The number of H-pyrrole nitrogens is 2. The van der Waals surface area contributed by atoms with Crippen molar-refractivity contribution in [2.45, 2.75) is 6.18 Å². The number of para-hydroxylation sites is 2. The van der Waals surface area contributed by atoms with E-state index in [9.17, 15) is 13.2 Å². The number of rotatable bonds is 2. The molecule has 0 aliphatic heterocycles. The van der Waals surface area contributed by atoms with Gasteiger partial charge in [-0.25, -0.2) is 0 Å². The Kier molecular flexibility index (Phi) is 3.55. The van der Waals surface area contributed by atoms with E-state index in [0.29, 0.717) is 11.4 Å². The van der Waals surface area contributed by atoms with E-state index in [-0.39, 0.29) is 11.3 Å². The molecule has 5 aromatic rings. The van der Waals surface area contributed by atoms with Gasteiger partial charge in [-0.1, -0.05) is 36.4 Å². The first-order valence-electron chi connectivity index (χ1n) is 8.73. The maximum absolute atomic E-state index is 13.8. The quantitative estimate of drug-likeness (QED) is 0.367. The number of aromatic amines is 2. The highest BCUT2D eigenvalue weighted by atomic mass is 19.4. The third-order valence-electron chi connectivity index (χ3n) is 4.84. The van der Waals surface area contributed by atoms with Gasteiger partial charge in [0.25, 0.3) is 0 Å². The number of halogens is 3. The van der Waals surface area contributed by atoms with Crippen LogP contribution in [0.2, 0.25) is 0 Å². The molecule has 0 saturated carbocycles. The van der Waals surface area contributed by atoms with Gasteiger partial charge in [0.1, 0.15) is 0 Å². The van der Waals surface area contributed by atoms with E-state index in [0.717, 1.165) is 27.9 Å². The monoisotopic (exact) mass is 377 g/mol. The Hall–Kier alpha value is -3.54. The molecular weight excluding hydrogens is 363 g/mol. The van der Waals surface area contributed by atoms with Crippen LogP contribution in [0.4, 0.5) is 13.2 Å². The summed E-state index contributed by atoms with van der Waals surface area (Å²) in [5.74, 6) is 0. The minimum absolute atomic E-state index is 0.0396. The Labute approximate surface area is 157 Å². The van der Waals surface area contributed by atoms with Gasteiger partial charge in [-0.2, -0.15) is 13.2 Å². The van der Waals surface area contributed by atoms with Crippen molar-refractivity contribution in [3.05, 3.63) is 78.5 Å². The topological polar surface area (TPSA) is 44.5 Å². The minimum atomic E-state index is -4.50. The Morgan fingerprint density at radius 2 is 1.29 bits per heavy atom. The van der Waals surface area contributed by atoms with Crippen molar-refractivity contribution in [2.24, 2.45) is 0 Å². The maximum atomic E-state index is 13.8. The van der Waals surface area contributed by atoms with Crippen LogP contribution in [0.1, 0.15) is 5.56 Å². The number of hydrogen-bond donors (Lipinski definition) is 2. The highest BCUT2D eigenvalue weighted by molar-refractivity contribution is 5.93. The van der Waals surface area contributed by atoms with Crippen molar-refractivity contribution in [1.29, 1.82) is 0 Å². The molecule has 3 nitrogen and oxygen atoms in total. The summed E-state index contributed by atoms with van der Waals surface area (Å²) in [5.41, 5.74) is 2.13. The molecular formula is C22H14F3N3. The summed E-state index contributed by atoms with van der Waals surface area (Å²) >= 11 is 0. The number of pyridine rings is 1. The van der Waals surface area contributed by atoms with Crippen molar-refractivity contribution < 1.29 is 13.2 Å². The Balaban J connectivity index is 1.82. The molecule has 0 bridgehead atoms. The second kappa shape index (κ2) is 5.99. The lowest BCUT2D eigenvalue weighted by Gasteiger charge is -2.14. The number of nitrogens with one attached hydrogen (secondary N) is 2. The molecule has 28 heavy (non-hydrogen) atoms. The molecule has 2 N–H and O–H groups in total. The van der Waals surface area contributed by atoms with Crippen molar-refractivity contribution in [3.63, 3.8) is 0 Å². The molecule has 0 fully saturated rings. The van der Waals surface area contributed by atoms with E-state index in [2.05, 4.69) is 15.0 Å². The Morgan fingerprint density at radius 1 is 0.714 bits per heavy atom. The van der Waals surface area contributed by atoms with Crippen LogP contribution >= 0.6 is 0 Å². The lowest BCUT2D eigenvalue weighted by molar-refractivity contribution is -0.137. The van der Waals surface area contributed by atoms with Crippen LogP contribution in [-0.4, -0.2) is 15.0 Å². The fourth-order valence-corrected chi connectivity index (χ4v) is 3.58. The summed E-state index contributed by atoms with van der Waals surface area (Å²) in [5, 5.41) is 1.76. The number of alkyl halides is 3. The van der Waals surface area contributed by atoms with Gasteiger partial charge in [-0.15, -0.1) is 0 Å². The highest BCUT2D eigenvalue weighted by Crippen LogP contribution is 2.42. The third-order valence-corrected chi connectivity index (χ3v) is 4.84. The second-order valence-electron chi connectivity index (χ2n) is 6.62. The van der Waals surface area contributed by atoms with E-state index >= 15 is 0 Å². The molecule has 138 valence electrons. The molecule has 0 spiro atoms. The van der Waals surface area contributed by atoms with Crippen molar-refractivity contribution in [3.8, 4) is 22.6 Å². The predicted molar refractivity (Wildman–Crippen MR) is 104 cm³/mol. The van der Waals surface area contributed by atoms with Gasteiger partial charge in [0, 0.05) is 39.3 Å². The fourth-order valence-electron chi connectivity index (χ4n) is 3.58. The predicted octanol–water partition coefficient (Wildman–Crippen LogP) is 6.40. The highest BCUT2D eigenvalue weighted by Gasteiger charge is 2.36. The van der Waals surface area contributed by atoms with Crippen LogP contribution in [0.25, 0.3) is 44.5 Å². The van der Waals surface area contributed by atoms with E-state index in [4.69, 9.17) is 0 Å². The normalized spacial score (nSPS) is 12.1. The van der Waals surface area contributed by atoms with E-state index in [1.807, 2.05) is 54.6 Å². The molecule has 6 heteroatoms. The average molecular weight is 377 g/mol. The molecule has 3 aromatic heterocycles. The Morgan fingerprint density at radius 3 is 1.89 bits per heavy atom. The number of benzene rings is 2. The zero-order valence-corrected chi connectivity index (χ0v) is 14.5. The van der Waals surface area contributed by atoms with Gasteiger partial charge >= 0.3 is 6.18 Å². The number of hydrogen-bond acceptors (Lipinski definition) is 1. The minimum Gasteiger partial charge on any atom is -0.354 e. The largest absolute Gasteiger partial charge is 0.417 e. The number of nitrogens with zero attached hydrogens (tertiary/aromatic N) is 1. The van der Waals surface area contributed by atoms with Gasteiger partial charge in [-0.3, -0.25) is 4.98 Å². The van der Waals surface area contributed by atoms with Crippen LogP contribution < -0.4 is 0 Å². The molecule has 0 unspecified atom stereocenters. The summed E-state index contributed by atoms with van der Waals surface area (Å²) in [6.45, 7) is 0. The number of fused-ring (bicyclic) bond motifs is 2. The summed E-state index contributed by atoms with van der Waals surface area (Å²) in [6, 6.07) is 19.5. The first-order valence-corrected chi connectivity index (χ1v) is 8.73. The molecule has 2 aromatic carbocycles. The summed E-state index contributed by atoms with van der Waals surface area (Å²) in [6.07, 6.45) is -3.30. The molecule has 0 atom stereocenters. The Bertz CT molecular complexity index is 1250. The standard InChI is InChI=1S/C22H14F3N3/c23-22(24,25)15-9-10-26-21(19-12-14-6-2-4-8-17(14)28-19)20(15)18-11-13-5-1-3-7-16(13)27-18/h1-12,27-28H. The zero-order valence-electron chi connectivity index (χ0n) is 14.5. The van der Waals surface area contributed by atoms with E-state index < -0.39 is 11.7 Å². The van der Waals surface area contributed by atoms with Crippen LogP contribution in [0.3, 0.4) is 0 Å². The molecule has 0 aliphatic rings. The molecule has 0 radical (unpaired) electrons. The number of aromatic nitrogens is 3. The van der Waals surface area contributed by atoms with Crippen LogP contribution in [-0.2, 0) is 6.18 Å². The van der Waals surface area contributed by atoms with Crippen LogP contribution in [0.5, 0.6) is 0 Å². The molecule has 3 heterocycles. The molecule has 0 saturated heterocycles. The lowest BCUT2D eigenvalue weighted by atomic mass is 10.0. The summed E-state index contributed by atoms with van der Waals surface area (Å²) in [7, 11) is 0. The first-order chi connectivity index (χ1) is 13.5. The SMILES string of the molecule is FC(F)(F)c1ccnc(-c2cc3ccccc3[nH]2)c1-c1cc2ccccc2[nH]1. The van der Waals surface area contributed by atoms with E-state index in [1.165, 1.54) is 6.20 Å². The van der Waals surface area contributed by atoms with Gasteiger partial charge in [-0.05, 0) is 30.3 Å². The lowest BCUT2D eigenvalue weighted by Crippen LogP contribution is -2.09. The van der Waals surface area contributed by atoms with Crippen molar-refractivity contribution >= 4 is 21.8 Å². The second-order valence-corrected chi connectivity index (χ2v) is 6.62. The molecule has 0 aliphatic carbocycles. The van der Waals surface area contributed by atoms with Crippen molar-refractivity contribution in [2.75, 3.05) is 0 Å².